The standard InChI is InChI=1S/C24H22F3N5O4/c25-24(26,27)16-7-5-15(6-8-16)14-3-1-13(2-4-14)9-28-21-18-22(30-11-29-21)32(12-31-18)23-20(35)19(34)17(10-33)36-23/h1-8,11-12,17,19-20,23,33-35H,9-10H2,(H,28,29,30)/t17-,19-,20-,23-/m1/s1. The monoisotopic (exact) mass is 501 g/mol. The number of aliphatic hydroxyl groups excluding tert-OH is 3. The van der Waals surface area contributed by atoms with Gasteiger partial charge in [-0.1, -0.05) is 36.4 Å². The highest BCUT2D eigenvalue weighted by Gasteiger charge is 2.44. The van der Waals surface area contributed by atoms with Crippen LogP contribution in [0, 0.1) is 0 Å². The van der Waals surface area contributed by atoms with Crippen molar-refractivity contribution < 1.29 is 33.2 Å². The molecule has 0 radical (unpaired) electrons. The number of benzene rings is 2. The van der Waals surface area contributed by atoms with Crippen molar-refractivity contribution in [1.29, 1.82) is 0 Å². The van der Waals surface area contributed by atoms with Crippen LogP contribution in [0.2, 0.25) is 0 Å². The Kier molecular flexibility index (Phi) is 6.35. The first-order valence-corrected chi connectivity index (χ1v) is 11.1. The summed E-state index contributed by atoms with van der Waals surface area (Å²) < 4.78 is 45.4. The average molecular weight is 501 g/mol. The molecule has 0 saturated carbocycles. The van der Waals surface area contributed by atoms with Crippen molar-refractivity contribution in [2.75, 3.05) is 11.9 Å². The molecule has 1 aliphatic heterocycles. The number of imidazole rings is 1. The van der Waals surface area contributed by atoms with Crippen molar-refractivity contribution in [2.45, 2.75) is 37.3 Å². The lowest BCUT2D eigenvalue weighted by Gasteiger charge is -2.16. The fourth-order valence-corrected chi connectivity index (χ4v) is 4.13. The topological polar surface area (TPSA) is 126 Å². The maximum atomic E-state index is 12.8. The molecular formula is C24H22F3N5O4. The van der Waals surface area contributed by atoms with E-state index < -0.39 is 42.9 Å². The molecule has 4 N–H and O–H groups in total. The number of anilines is 1. The van der Waals surface area contributed by atoms with E-state index in [1.165, 1.54) is 29.4 Å². The molecular weight excluding hydrogens is 479 g/mol. The lowest BCUT2D eigenvalue weighted by Crippen LogP contribution is -2.33. The lowest BCUT2D eigenvalue weighted by atomic mass is 10.0. The Morgan fingerprint density at radius 1 is 0.917 bits per heavy atom. The van der Waals surface area contributed by atoms with Gasteiger partial charge in [-0.15, -0.1) is 0 Å². The van der Waals surface area contributed by atoms with Gasteiger partial charge in [0, 0.05) is 6.54 Å². The molecule has 0 unspecified atom stereocenters. The molecule has 9 nitrogen and oxygen atoms in total. The van der Waals surface area contributed by atoms with E-state index in [1.807, 2.05) is 24.3 Å². The van der Waals surface area contributed by atoms with Crippen molar-refractivity contribution in [2.24, 2.45) is 0 Å². The predicted molar refractivity (Wildman–Crippen MR) is 123 cm³/mol. The highest BCUT2D eigenvalue weighted by Crippen LogP contribution is 2.33. The average Bonchev–Trinajstić information content (AvgIpc) is 3.43. The van der Waals surface area contributed by atoms with Gasteiger partial charge in [-0.2, -0.15) is 13.2 Å². The Labute approximate surface area is 202 Å². The Morgan fingerprint density at radius 3 is 2.19 bits per heavy atom. The first kappa shape index (κ1) is 24.1. The summed E-state index contributed by atoms with van der Waals surface area (Å²) in [6.45, 7) is -0.0546. The molecule has 1 aliphatic rings. The second-order valence-corrected chi connectivity index (χ2v) is 8.40. The summed E-state index contributed by atoms with van der Waals surface area (Å²) >= 11 is 0. The second-order valence-electron chi connectivity index (χ2n) is 8.40. The van der Waals surface area contributed by atoms with Crippen LogP contribution >= 0.6 is 0 Å². The van der Waals surface area contributed by atoms with Crippen LogP contribution in [0.5, 0.6) is 0 Å². The molecule has 4 atom stereocenters. The molecule has 0 spiro atoms. The van der Waals surface area contributed by atoms with Gasteiger partial charge in [-0.05, 0) is 28.8 Å². The number of ether oxygens (including phenoxy) is 1. The maximum absolute atomic E-state index is 12.8. The summed E-state index contributed by atoms with van der Waals surface area (Å²) in [5, 5.41) is 32.9. The highest BCUT2D eigenvalue weighted by atomic mass is 19.4. The molecule has 3 heterocycles. The van der Waals surface area contributed by atoms with Gasteiger partial charge < -0.3 is 25.4 Å². The summed E-state index contributed by atoms with van der Waals surface area (Å²) in [4.78, 5) is 12.8. The van der Waals surface area contributed by atoms with Crippen LogP contribution in [0.25, 0.3) is 22.3 Å². The van der Waals surface area contributed by atoms with Crippen molar-refractivity contribution >= 4 is 17.0 Å². The number of halogens is 3. The fraction of sp³-hybridized carbons (Fsp3) is 0.292. The number of rotatable bonds is 6. The number of aliphatic hydroxyl groups is 3. The normalized spacial score (nSPS) is 22.3. The zero-order valence-electron chi connectivity index (χ0n) is 18.7. The smallest absolute Gasteiger partial charge is 0.394 e. The molecule has 4 aromatic rings. The first-order valence-electron chi connectivity index (χ1n) is 11.1. The van der Waals surface area contributed by atoms with Crippen molar-refractivity contribution in [3.63, 3.8) is 0 Å². The van der Waals surface area contributed by atoms with Crippen molar-refractivity contribution in [3.8, 4) is 11.1 Å². The Bertz CT molecular complexity index is 1340. The molecule has 0 aliphatic carbocycles. The van der Waals surface area contributed by atoms with E-state index in [-0.39, 0.29) is 0 Å². The zero-order valence-corrected chi connectivity index (χ0v) is 18.7. The maximum Gasteiger partial charge on any atom is 0.416 e. The number of alkyl halides is 3. The Hall–Kier alpha value is -3.58. The predicted octanol–water partition coefficient (Wildman–Crippen LogP) is 2.74. The van der Waals surface area contributed by atoms with Gasteiger partial charge in [0.25, 0.3) is 0 Å². The largest absolute Gasteiger partial charge is 0.416 e. The van der Waals surface area contributed by atoms with Crippen LogP contribution < -0.4 is 5.32 Å². The number of nitrogens with one attached hydrogen (secondary N) is 1. The van der Waals surface area contributed by atoms with Gasteiger partial charge in [0.2, 0.25) is 0 Å². The minimum atomic E-state index is -4.37. The fourth-order valence-electron chi connectivity index (χ4n) is 4.13. The molecule has 5 rings (SSSR count). The minimum Gasteiger partial charge on any atom is -0.394 e. The number of aromatic nitrogens is 4. The second kappa shape index (κ2) is 9.47. The number of hydrogen-bond donors (Lipinski definition) is 4. The van der Waals surface area contributed by atoms with E-state index >= 15 is 0 Å². The number of nitrogens with zero attached hydrogens (tertiary/aromatic N) is 4. The molecule has 2 aromatic heterocycles. The van der Waals surface area contributed by atoms with E-state index in [4.69, 9.17) is 4.74 Å². The van der Waals surface area contributed by atoms with Crippen LogP contribution in [0.1, 0.15) is 17.4 Å². The highest BCUT2D eigenvalue weighted by molar-refractivity contribution is 5.82. The number of hydrogen-bond acceptors (Lipinski definition) is 8. The van der Waals surface area contributed by atoms with Gasteiger partial charge in [-0.3, -0.25) is 4.57 Å². The Morgan fingerprint density at radius 2 is 1.58 bits per heavy atom. The van der Waals surface area contributed by atoms with E-state index in [2.05, 4.69) is 20.3 Å². The molecule has 12 heteroatoms. The molecule has 188 valence electrons. The first-order chi connectivity index (χ1) is 17.3. The van der Waals surface area contributed by atoms with Crippen LogP contribution in [-0.2, 0) is 17.5 Å². The molecule has 0 bridgehead atoms. The summed E-state index contributed by atoms with van der Waals surface area (Å²) in [6, 6.07) is 12.4. The van der Waals surface area contributed by atoms with E-state index in [0.717, 1.165) is 23.3 Å². The third-order valence-electron chi connectivity index (χ3n) is 6.11. The summed E-state index contributed by atoms with van der Waals surface area (Å²) in [7, 11) is 0. The summed E-state index contributed by atoms with van der Waals surface area (Å²) in [5.74, 6) is 0.442. The molecule has 1 saturated heterocycles. The van der Waals surface area contributed by atoms with E-state index in [0.29, 0.717) is 29.1 Å². The van der Waals surface area contributed by atoms with Gasteiger partial charge in [0.15, 0.2) is 23.2 Å². The SMILES string of the molecule is OC[C@H]1O[C@@H](n2cnc3c(NCc4ccc(-c5ccc(C(F)(F)F)cc5)cc4)ncnc32)[C@H](O)[C@@H]1O. The molecule has 36 heavy (non-hydrogen) atoms. The molecule has 2 aromatic carbocycles. The van der Waals surface area contributed by atoms with Gasteiger partial charge >= 0.3 is 6.18 Å². The molecule has 1 fully saturated rings. The zero-order chi connectivity index (χ0) is 25.4. The van der Waals surface area contributed by atoms with Gasteiger partial charge in [0.05, 0.1) is 18.5 Å². The number of fused-ring (bicyclic) bond motifs is 1. The lowest BCUT2D eigenvalue weighted by molar-refractivity contribution is -0.137. The van der Waals surface area contributed by atoms with Crippen molar-refractivity contribution in [3.05, 3.63) is 72.3 Å². The quantitative estimate of drug-likeness (QED) is 0.318. The van der Waals surface area contributed by atoms with Crippen molar-refractivity contribution in [1.82, 2.24) is 19.5 Å². The summed E-state index contributed by atoms with van der Waals surface area (Å²) in [6.07, 6.45) is -6.03. The van der Waals surface area contributed by atoms with Crippen LogP contribution in [-0.4, -0.2) is 59.8 Å². The third kappa shape index (κ3) is 4.51. The van der Waals surface area contributed by atoms with Gasteiger partial charge in [-0.25, -0.2) is 15.0 Å². The third-order valence-corrected chi connectivity index (χ3v) is 6.11. The Balaban J connectivity index is 1.29. The van der Waals surface area contributed by atoms with Crippen LogP contribution in [0.15, 0.2) is 61.2 Å². The van der Waals surface area contributed by atoms with E-state index in [9.17, 15) is 28.5 Å². The molecule has 0 amide bonds. The summed E-state index contributed by atoms with van der Waals surface area (Å²) in [5.41, 5.74) is 2.48. The van der Waals surface area contributed by atoms with Gasteiger partial charge in [0.1, 0.15) is 24.6 Å². The van der Waals surface area contributed by atoms with Crippen LogP contribution in [0.4, 0.5) is 19.0 Å². The van der Waals surface area contributed by atoms with Crippen LogP contribution in [0.3, 0.4) is 0 Å². The van der Waals surface area contributed by atoms with E-state index in [1.54, 1.807) is 0 Å². The minimum absolute atomic E-state index is 0.375.